The molecule has 7 nitrogen and oxygen atoms in total. The van der Waals surface area contributed by atoms with E-state index < -0.39 is 58.1 Å². The maximum atomic E-state index is 13.8. The second-order valence-corrected chi connectivity index (χ2v) is 9.06. The number of rotatable bonds is 3. The molecule has 2 bridgehead atoms. The van der Waals surface area contributed by atoms with E-state index in [2.05, 4.69) is 5.32 Å². The van der Waals surface area contributed by atoms with Crippen LogP contribution in [0.4, 0.5) is 13.2 Å². The minimum Gasteiger partial charge on any atom is -0.503 e. The number of halogens is 3. The van der Waals surface area contributed by atoms with Crippen LogP contribution in [0.1, 0.15) is 39.3 Å². The van der Waals surface area contributed by atoms with Crippen molar-refractivity contribution >= 4 is 11.8 Å². The Balaban J connectivity index is 1.30. The Hall–Kier alpha value is -3.30. The van der Waals surface area contributed by atoms with Crippen molar-refractivity contribution in [3.8, 4) is 5.75 Å². The first-order valence-electron chi connectivity index (χ1n) is 10.5. The van der Waals surface area contributed by atoms with Gasteiger partial charge in [0.05, 0.1) is 6.04 Å². The van der Waals surface area contributed by atoms with Crippen LogP contribution in [0.2, 0.25) is 0 Å². The first-order chi connectivity index (χ1) is 15.3. The van der Waals surface area contributed by atoms with Crippen molar-refractivity contribution in [2.24, 2.45) is 17.8 Å². The molecule has 2 aliphatic carbocycles. The Bertz CT molecular complexity index is 1250. The van der Waals surface area contributed by atoms with Gasteiger partial charge in [0.25, 0.3) is 11.8 Å². The lowest BCUT2D eigenvalue weighted by molar-refractivity contribution is 0.0465. The number of aromatic hydroxyl groups is 1. The van der Waals surface area contributed by atoms with Crippen molar-refractivity contribution in [2.45, 2.75) is 38.0 Å². The highest BCUT2D eigenvalue weighted by molar-refractivity contribution is 5.99. The lowest BCUT2D eigenvalue weighted by Crippen LogP contribution is -2.53. The average Bonchev–Trinajstić information content (AvgIpc) is 3.34. The summed E-state index contributed by atoms with van der Waals surface area (Å²) in [4.78, 5) is 40.2. The fourth-order valence-electron chi connectivity index (χ4n) is 6.05. The molecule has 166 valence electrons. The van der Waals surface area contributed by atoms with E-state index in [-0.39, 0.29) is 17.8 Å². The average molecular weight is 445 g/mol. The van der Waals surface area contributed by atoms with Crippen molar-refractivity contribution < 1.29 is 27.9 Å². The van der Waals surface area contributed by atoms with Gasteiger partial charge in [-0.15, -0.1) is 0 Å². The maximum absolute atomic E-state index is 13.8. The number of carbonyl (C=O) groups excluding carboxylic acids is 2. The Morgan fingerprint density at radius 1 is 1.06 bits per heavy atom. The molecule has 6 rings (SSSR count). The van der Waals surface area contributed by atoms with Crippen LogP contribution in [0.15, 0.2) is 23.1 Å². The van der Waals surface area contributed by atoms with Crippen LogP contribution in [-0.2, 0) is 13.1 Å². The Kier molecular flexibility index (Phi) is 3.86. The van der Waals surface area contributed by atoms with E-state index in [0.717, 1.165) is 12.8 Å². The zero-order valence-corrected chi connectivity index (χ0v) is 16.6. The standard InChI is InChI=1S/C22H18F3N3O4/c23-8-1-14(24)12(15(25)2-8)5-26-21(31)13-6-27-7-17-11-4-16(10-3-9(10)11)28(17)22(32)18(27)20(30)19(13)29/h1-2,6,9-11,16-17,30H,3-5,7H2,(H,26,31)/t9?,10?,11?,16-,17?/m0/s1. The third-order valence-electron chi connectivity index (χ3n) is 7.51. The molecule has 1 saturated heterocycles. The van der Waals surface area contributed by atoms with E-state index in [4.69, 9.17) is 0 Å². The van der Waals surface area contributed by atoms with E-state index in [9.17, 15) is 32.7 Å². The molecule has 3 fully saturated rings. The SMILES string of the molecule is O=C(NCc1c(F)cc(F)cc1F)c1cn2c(c(O)c1=O)C(=O)N1C(C2)C2C[C@H]1C1CC21. The van der Waals surface area contributed by atoms with Gasteiger partial charge in [-0.3, -0.25) is 14.4 Å². The van der Waals surface area contributed by atoms with Gasteiger partial charge in [-0.25, -0.2) is 13.2 Å². The van der Waals surface area contributed by atoms with Crippen molar-refractivity contribution in [1.82, 2.24) is 14.8 Å². The number of benzene rings is 1. The molecule has 4 aliphatic rings. The molecule has 32 heavy (non-hydrogen) atoms. The number of fused-ring (bicyclic) bond motifs is 9. The van der Waals surface area contributed by atoms with Crippen LogP contribution in [0.3, 0.4) is 0 Å². The molecular weight excluding hydrogens is 427 g/mol. The van der Waals surface area contributed by atoms with Gasteiger partial charge in [0.2, 0.25) is 5.43 Å². The molecule has 0 spiro atoms. The minimum atomic E-state index is -1.17. The number of hydrogen-bond acceptors (Lipinski definition) is 4. The molecule has 2 amide bonds. The van der Waals surface area contributed by atoms with Crippen LogP contribution >= 0.6 is 0 Å². The molecule has 1 aromatic carbocycles. The van der Waals surface area contributed by atoms with E-state index in [1.807, 2.05) is 0 Å². The summed E-state index contributed by atoms with van der Waals surface area (Å²) in [6.45, 7) is -0.262. The van der Waals surface area contributed by atoms with Gasteiger partial charge in [0, 0.05) is 43.0 Å². The van der Waals surface area contributed by atoms with Gasteiger partial charge >= 0.3 is 0 Å². The van der Waals surface area contributed by atoms with Crippen LogP contribution in [-0.4, -0.2) is 38.5 Å². The van der Waals surface area contributed by atoms with Crippen LogP contribution in [0, 0.1) is 35.2 Å². The quantitative estimate of drug-likeness (QED) is 0.754. The number of pyridine rings is 1. The normalized spacial score (nSPS) is 28.9. The predicted octanol–water partition coefficient (Wildman–Crippen LogP) is 1.76. The van der Waals surface area contributed by atoms with Crippen molar-refractivity contribution in [1.29, 1.82) is 0 Å². The summed E-state index contributed by atoms with van der Waals surface area (Å²) in [7, 11) is 0. The molecule has 3 heterocycles. The second kappa shape index (κ2) is 6.36. The lowest BCUT2D eigenvalue weighted by Gasteiger charge is -2.40. The lowest BCUT2D eigenvalue weighted by atomic mass is 9.94. The third kappa shape index (κ3) is 2.52. The Morgan fingerprint density at radius 3 is 2.47 bits per heavy atom. The number of piperidine rings is 1. The van der Waals surface area contributed by atoms with Crippen molar-refractivity contribution in [2.75, 3.05) is 0 Å². The molecule has 2 aromatic rings. The summed E-state index contributed by atoms with van der Waals surface area (Å²) in [5.41, 5.74) is -2.17. The number of hydrogen-bond donors (Lipinski definition) is 2. The molecule has 2 aliphatic heterocycles. The maximum Gasteiger partial charge on any atom is 0.275 e. The van der Waals surface area contributed by atoms with Gasteiger partial charge in [-0.1, -0.05) is 0 Å². The first kappa shape index (κ1) is 19.4. The van der Waals surface area contributed by atoms with Gasteiger partial charge in [-0.2, -0.15) is 0 Å². The largest absolute Gasteiger partial charge is 0.503 e. The number of nitrogens with one attached hydrogen (secondary N) is 1. The van der Waals surface area contributed by atoms with Gasteiger partial charge in [-0.05, 0) is 30.6 Å². The van der Waals surface area contributed by atoms with E-state index >= 15 is 0 Å². The predicted molar refractivity (Wildman–Crippen MR) is 103 cm³/mol. The highest BCUT2D eigenvalue weighted by atomic mass is 19.1. The summed E-state index contributed by atoms with van der Waals surface area (Å²) >= 11 is 0. The van der Waals surface area contributed by atoms with E-state index in [1.165, 1.54) is 10.8 Å². The zero-order chi connectivity index (χ0) is 22.5. The number of amides is 2. The molecule has 1 aromatic heterocycles. The van der Waals surface area contributed by atoms with E-state index in [0.29, 0.717) is 36.4 Å². The summed E-state index contributed by atoms with van der Waals surface area (Å²) in [5, 5.41) is 12.7. The Labute approximate surface area is 179 Å². The van der Waals surface area contributed by atoms with Gasteiger partial charge < -0.3 is 19.9 Å². The fourth-order valence-corrected chi connectivity index (χ4v) is 6.05. The summed E-state index contributed by atoms with van der Waals surface area (Å²) < 4.78 is 42.2. The van der Waals surface area contributed by atoms with Crippen LogP contribution in [0.25, 0.3) is 0 Å². The van der Waals surface area contributed by atoms with Gasteiger partial charge in [0.1, 0.15) is 23.0 Å². The Morgan fingerprint density at radius 2 is 1.75 bits per heavy atom. The molecule has 2 N–H and O–H groups in total. The van der Waals surface area contributed by atoms with Crippen LogP contribution < -0.4 is 10.7 Å². The summed E-state index contributed by atoms with van der Waals surface area (Å²) in [6.07, 6.45) is 3.24. The first-order valence-corrected chi connectivity index (χ1v) is 10.5. The zero-order valence-electron chi connectivity index (χ0n) is 16.6. The second-order valence-electron chi connectivity index (χ2n) is 9.06. The monoisotopic (exact) mass is 445 g/mol. The van der Waals surface area contributed by atoms with Gasteiger partial charge in [0.15, 0.2) is 11.4 Å². The summed E-state index contributed by atoms with van der Waals surface area (Å²) in [6, 6.07) is 1.08. The minimum absolute atomic E-state index is 0.0380. The number of carbonyl (C=O) groups is 2. The molecular formula is C22H18F3N3O4. The smallest absolute Gasteiger partial charge is 0.275 e. The fraction of sp³-hybridized carbons (Fsp3) is 0.409. The number of aromatic nitrogens is 1. The topological polar surface area (TPSA) is 91.6 Å². The van der Waals surface area contributed by atoms with E-state index in [1.54, 1.807) is 4.90 Å². The van der Waals surface area contributed by atoms with Crippen molar-refractivity contribution in [3.63, 3.8) is 0 Å². The molecule has 4 unspecified atom stereocenters. The third-order valence-corrected chi connectivity index (χ3v) is 7.51. The highest BCUT2D eigenvalue weighted by Gasteiger charge is 2.66. The van der Waals surface area contributed by atoms with Crippen LogP contribution in [0.5, 0.6) is 5.75 Å². The summed E-state index contributed by atoms with van der Waals surface area (Å²) in [5.74, 6) is -4.11. The highest BCUT2D eigenvalue weighted by Crippen LogP contribution is 2.64. The molecule has 2 saturated carbocycles. The molecule has 10 heteroatoms. The molecule has 0 radical (unpaired) electrons. The molecule has 5 atom stereocenters. The van der Waals surface area contributed by atoms with Crippen molar-refractivity contribution in [3.05, 3.63) is 62.8 Å². The number of nitrogens with zero attached hydrogens (tertiary/aromatic N) is 2.